The minimum atomic E-state index is -0.209. The SMILES string of the molecule is Cc1cccc(-c2n[nH]c(=S)n2CC(=O)NC(C)c2ccccc2Cl)c1. The molecule has 134 valence electrons. The summed E-state index contributed by atoms with van der Waals surface area (Å²) in [7, 11) is 0. The van der Waals surface area contributed by atoms with Gasteiger partial charge < -0.3 is 5.32 Å². The molecule has 0 saturated carbocycles. The Morgan fingerprint density at radius 1 is 1.31 bits per heavy atom. The third kappa shape index (κ3) is 4.03. The van der Waals surface area contributed by atoms with E-state index in [2.05, 4.69) is 15.5 Å². The summed E-state index contributed by atoms with van der Waals surface area (Å²) in [5.74, 6) is 0.475. The summed E-state index contributed by atoms with van der Waals surface area (Å²) in [5.41, 5.74) is 2.89. The van der Waals surface area contributed by atoms with Gasteiger partial charge in [-0.3, -0.25) is 14.5 Å². The fourth-order valence-electron chi connectivity index (χ4n) is 2.80. The predicted octanol–water partition coefficient (Wildman–Crippen LogP) is 4.45. The highest BCUT2D eigenvalue weighted by Gasteiger charge is 2.16. The number of aryl methyl sites for hydroxylation is 1. The lowest BCUT2D eigenvalue weighted by Crippen LogP contribution is -2.30. The molecular formula is C19H19ClN4OS. The quantitative estimate of drug-likeness (QED) is 0.637. The van der Waals surface area contributed by atoms with Crippen LogP contribution in [0.15, 0.2) is 48.5 Å². The van der Waals surface area contributed by atoms with Gasteiger partial charge >= 0.3 is 0 Å². The number of aromatic nitrogens is 3. The first-order chi connectivity index (χ1) is 12.5. The summed E-state index contributed by atoms with van der Waals surface area (Å²) in [5, 5.41) is 10.6. The molecule has 0 spiro atoms. The number of carbonyl (C=O) groups excluding carboxylic acids is 1. The topological polar surface area (TPSA) is 62.7 Å². The monoisotopic (exact) mass is 386 g/mol. The summed E-state index contributed by atoms with van der Waals surface area (Å²) >= 11 is 11.5. The Labute approximate surface area is 162 Å². The molecular weight excluding hydrogens is 368 g/mol. The molecule has 0 aliphatic heterocycles. The minimum Gasteiger partial charge on any atom is -0.348 e. The maximum absolute atomic E-state index is 12.5. The van der Waals surface area contributed by atoms with Crippen molar-refractivity contribution in [1.82, 2.24) is 20.1 Å². The molecule has 0 saturated heterocycles. The van der Waals surface area contributed by atoms with Gasteiger partial charge in [0, 0.05) is 10.6 Å². The number of aromatic amines is 1. The van der Waals surface area contributed by atoms with Crippen molar-refractivity contribution >= 4 is 29.7 Å². The molecule has 1 aromatic heterocycles. The van der Waals surface area contributed by atoms with E-state index in [0.29, 0.717) is 15.6 Å². The van der Waals surface area contributed by atoms with Gasteiger partial charge in [-0.25, -0.2) is 0 Å². The van der Waals surface area contributed by atoms with Crippen LogP contribution in [0.4, 0.5) is 0 Å². The highest BCUT2D eigenvalue weighted by molar-refractivity contribution is 7.71. The molecule has 7 heteroatoms. The molecule has 0 radical (unpaired) electrons. The molecule has 2 N–H and O–H groups in total. The molecule has 1 amide bonds. The zero-order valence-corrected chi connectivity index (χ0v) is 16.1. The van der Waals surface area contributed by atoms with Crippen molar-refractivity contribution in [3.8, 4) is 11.4 Å². The van der Waals surface area contributed by atoms with Gasteiger partial charge in [0.15, 0.2) is 10.6 Å². The van der Waals surface area contributed by atoms with Crippen LogP contribution >= 0.6 is 23.8 Å². The Bertz CT molecular complexity index is 995. The first kappa shape index (κ1) is 18.4. The lowest BCUT2D eigenvalue weighted by molar-refractivity contribution is -0.122. The molecule has 0 aliphatic carbocycles. The molecule has 0 fully saturated rings. The molecule has 2 aromatic carbocycles. The second kappa shape index (κ2) is 7.85. The second-order valence-corrected chi connectivity index (χ2v) is 6.91. The number of H-pyrrole nitrogens is 1. The van der Waals surface area contributed by atoms with Crippen molar-refractivity contribution in [1.29, 1.82) is 0 Å². The Kier molecular flexibility index (Phi) is 5.54. The highest BCUT2D eigenvalue weighted by atomic mass is 35.5. The zero-order chi connectivity index (χ0) is 18.7. The number of nitrogens with zero attached hydrogens (tertiary/aromatic N) is 2. The molecule has 1 heterocycles. The van der Waals surface area contributed by atoms with E-state index >= 15 is 0 Å². The number of nitrogens with one attached hydrogen (secondary N) is 2. The number of hydrogen-bond donors (Lipinski definition) is 2. The average Bonchev–Trinajstić information content (AvgIpc) is 2.96. The Morgan fingerprint density at radius 2 is 2.08 bits per heavy atom. The van der Waals surface area contributed by atoms with Crippen molar-refractivity contribution in [2.45, 2.75) is 26.4 Å². The third-order valence-electron chi connectivity index (χ3n) is 4.09. The summed E-state index contributed by atoms with van der Waals surface area (Å²) in [4.78, 5) is 12.5. The normalized spacial score (nSPS) is 12.0. The van der Waals surface area contributed by atoms with Gasteiger partial charge in [-0.15, -0.1) is 0 Å². The van der Waals surface area contributed by atoms with Gasteiger partial charge in [0.1, 0.15) is 6.54 Å². The fraction of sp³-hybridized carbons (Fsp3) is 0.211. The van der Waals surface area contributed by atoms with Crippen LogP contribution in [0.3, 0.4) is 0 Å². The Morgan fingerprint density at radius 3 is 2.81 bits per heavy atom. The molecule has 3 rings (SSSR count). The van der Waals surface area contributed by atoms with E-state index in [1.807, 2.05) is 62.4 Å². The smallest absolute Gasteiger partial charge is 0.240 e. The molecule has 0 bridgehead atoms. The first-order valence-electron chi connectivity index (χ1n) is 8.21. The number of benzene rings is 2. The van der Waals surface area contributed by atoms with Crippen LogP contribution in [0.25, 0.3) is 11.4 Å². The van der Waals surface area contributed by atoms with Crippen molar-refractivity contribution in [2.24, 2.45) is 0 Å². The van der Waals surface area contributed by atoms with Crippen LogP contribution in [0.1, 0.15) is 24.1 Å². The highest BCUT2D eigenvalue weighted by Crippen LogP contribution is 2.22. The molecule has 26 heavy (non-hydrogen) atoms. The van der Waals surface area contributed by atoms with Gasteiger partial charge in [-0.1, -0.05) is 53.6 Å². The third-order valence-corrected chi connectivity index (χ3v) is 4.74. The number of amides is 1. The van der Waals surface area contributed by atoms with Crippen molar-refractivity contribution in [3.63, 3.8) is 0 Å². The lowest BCUT2D eigenvalue weighted by atomic mass is 10.1. The van der Waals surface area contributed by atoms with Crippen LogP contribution in [0.5, 0.6) is 0 Å². The van der Waals surface area contributed by atoms with Crippen LogP contribution in [-0.4, -0.2) is 20.7 Å². The number of carbonyl (C=O) groups is 1. The maximum Gasteiger partial charge on any atom is 0.240 e. The van der Waals surface area contributed by atoms with Crippen molar-refractivity contribution in [2.75, 3.05) is 0 Å². The van der Waals surface area contributed by atoms with Gasteiger partial charge in [-0.05, 0) is 43.8 Å². The molecule has 0 aliphatic rings. The van der Waals surface area contributed by atoms with Crippen LogP contribution < -0.4 is 5.32 Å². The Hall–Kier alpha value is -2.44. The van der Waals surface area contributed by atoms with E-state index in [0.717, 1.165) is 16.7 Å². The van der Waals surface area contributed by atoms with E-state index in [-0.39, 0.29) is 18.5 Å². The van der Waals surface area contributed by atoms with Crippen molar-refractivity contribution in [3.05, 3.63) is 69.5 Å². The van der Waals surface area contributed by atoms with Gasteiger partial charge in [0.2, 0.25) is 5.91 Å². The number of hydrogen-bond acceptors (Lipinski definition) is 3. The van der Waals surface area contributed by atoms with E-state index in [4.69, 9.17) is 23.8 Å². The number of halogens is 1. The molecule has 1 unspecified atom stereocenters. The zero-order valence-electron chi connectivity index (χ0n) is 14.5. The van der Waals surface area contributed by atoms with E-state index in [9.17, 15) is 4.79 Å². The summed E-state index contributed by atoms with van der Waals surface area (Å²) in [6.07, 6.45) is 0. The molecule has 5 nitrogen and oxygen atoms in total. The van der Waals surface area contributed by atoms with Crippen LogP contribution in [-0.2, 0) is 11.3 Å². The largest absolute Gasteiger partial charge is 0.348 e. The summed E-state index contributed by atoms with van der Waals surface area (Å²) < 4.78 is 2.10. The van der Waals surface area contributed by atoms with Crippen LogP contribution in [0, 0.1) is 11.7 Å². The number of rotatable bonds is 5. The van der Waals surface area contributed by atoms with E-state index < -0.39 is 0 Å². The van der Waals surface area contributed by atoms with E-state index in [1.54, 1.807) is 4.57 Å². The summed E-state index contributed by atoms with van der Waals surface area (Å²) in [6.45, 7) is 3.98. The van der Waals surface area contributed by atoms with Gasteiger partial charge in [0.25, 0.3) is 0 Å². The first-order valence-corrected chi connectivity index (χ1v) is 9.00. The predicted molar refractivity (Wildman–Crippen MR) is 106 cm³/mol. The molecule has 3 aromatic rings. The van der Waals surface area contributed by atoms with Crippen molar-refractivity contribution < 1.29 is 4.79 Å². The van der Waals surface area contributed by atoms with Gasteiger partial charge in [0.05, 0.1) is 6.04 Å². The average molecular weight is 387 g/mol. The second-order valence-electron chi connectivity index (χ2n) is 6.12. The van der Waals surface area contributed by atoms with Crippen LogP contribution in [0.2, 0.25) is 5.02 Å². The Balaban J connectivity index is 1.79. The van der Waals surface area contributed by atoms with E-state index in [1.165, 1.54) is 0 Å². The van der Waals surface area contributed by atoms with Gasteiger partial charge in [-0.2, -0.15) is 5.10 Å². The maximum atomic E-state index is 12.5. The lowest BCUT2D eigenvalue weighted by Gasteiger charge is -2.16. The minimum absolute atomic E-state index is 0.0768. The standard InChI is InChI=1S/C19H19ClN4OS/c1-12-6-5-7-14(10-12)18-22-23-19(26)24(18)11-17(25)21-13(2)15-8-3-4-9-16(15)20/h3-10,13H,11H2,1-2H3,(H,21,25)(H,23,26). The summed E-state index contributed by atoms with van der Waals surface area (Å²) in [6, 6.07) is 15.2. The molecule has 1 atom stereocenters. The fourth-order valence-corrected chi connectivity index (χ4v) is 3.30.